The Hall–Kier alpha value is -1.30. The van der Waals surface area contributed by atoms with Crippen LogP contribution in [-0.2, 0) is 4.79 Å². The standard InChI is InChI=1S/C19H29Cl2N3O2/c1-12(2)16(18(26)22-10-19(3,4)11-24(5)6)23-17(25)14-8-7-13(20)9-15(14)21/h7-9,12,16H,10-11H2,1-6H3,(H,22,26)(H,23,25)/t16-/m1/s1. The number of amides is 2. The molecule has 26 heavy (non-hydrogen) atoms. The summed E-state index contributed by atoms with van der Waals surface area (Å²) >= 11 is 12.0. The molecule has 1 aromatic carbocycles. The van der Waals surface area contributed by atoms with Gasteiger partial charge in [0, 0.05) is 18.1 Å². The van der Waals surface area contributed by atoms with Gasteiger partial charge in [0.25, 0.3) is 5.91 Å². The topological polar surface area (TPSA) is 61.4 Å². The molecular weight excluding hydrogens is 373 g/mol. The van der Waals surface area contributed by atoms with Crippen molar-refractivity contribution in [3.05, 3.63) is 33.8 Å². The van der Waals surface area contributed by atoms with E-state index in [1.54, 1.807) is 12.1 Å². The monoisotopic (exact) mass is 401 g/mol. The fourth-order valence-corrected chi connectivity index (χ4v) is 3.27. The van der Waals surface area contributed by atoms with Crippen LogP contribution in [-0.4, -0.2) is 49.9 Å². The molecule has 0 heterocycles. The maximum absolute atomic E-state index is 12.6. The van der Waals surface area contributed by atoms with Crippen molar-refractivity contribution in [3.63, 3.8) is 0 Å². The van der Waals surface area contributed by atoms with Crippen molar-refractivity contribution in [3.8, 4) is 0 Å². The molecule has 5 nitrogen and oxygen atoms in total. The van der Waals surface area contributed by atoms with Gasteiger partial charge in [-0.1, -0.05) is 50.9 Å². The summed E-state index contributed by atoms with van der Waals surface area (Å²) < 4.78 is 0. The summed E-state index contributed by atoms with van der Waals surface area (Å²) in [6.45, 7) is 9.31. The van der Waals surface area contributed by atoms with Gasteiger partial charge in [0.2, 0.25) is 5.91 Å². The zero-order valence-corrected chi connectivity index (χ0v) is 17.8. The Bertz CT molecular complexity index is 646. The molecule has 0 aliphatic heterocycles. The highest BCUT2D eigenvalue weighted by molar-refractivity contribution is 6.36. The third kappa shape index (κ3) is 7.14. The molecule has 0 fully saturated rings. The van der Waals surface area contributed by atoms with Crippen molar-refractivity contribution in [2.75, 3.05) is 27.2 Å². The number of benzene rings is 1. The van der Waals surface area contributed by atoms with E-state index in [0.29, 0.717) is 17.1 Å². The molecule has 146 valence electrons. The maximum Gasteiger partial charge on any atom is 0.253 e. The predicted octanol–water partition coefficient (Wildman–Crippen LogP) is 3.45. The lowest BCUT2D eigenvalue weighted by Gasteiger charge is -2.30. The first-order valence-corrected chi connectivity index (χ1v) is 9.37. The molecule has 0 spiro atoms. The number of halogens is 2. The van der Waals surface area contributed by atoms with Gasteiger partial charge in [-0.05, 0) is 43.6 Å². The molecule has 2 N–H and O–H groups in total. The highest BCUT2D eigenvalue weighted by atomic mass is 35.5. The van der Waals surface area contributed by atoms with E-state index in [4.69, 9.17) is 23.2 Å². The van der Waals surface area contributed by atoms with Crippen molar-refractivity contribution in [2.45, 2.75) is 33.7 Å². The lowest BCUT2D eigenvalue weighted by molar-refractivity contribution is -0.124. The van der Waals surface area contributed by atoms with Crippen LogP contribution in [0.2, 0.25) is 10.0 Å². The molecule has 1 rings (SSSR count). The third-order valence-corrected chi connectivity index (χ3v) is 4.44. The number of nitrogens with zero attached hydrogens (tertiary/aromatic N) is 1. The van der Waals surface area contributed by atoms with Gasteiger partial charge in [0.1, 0.15) is 6.04 Å². The number of hydrogen-bond donors (Lipinski definition) is 2. The third-order valence-electron chi connectivity index (χ3n) is 3.90. The molecule has 0 unspecified atom stereocenters. The molecule has 0 radical (unpaired) electrons. The van der Waals surface area contributed by atoms with E-state index in [-0.39, 0.29) is 22.3 Å². The summed E-state index contributed by atoms with van der Waals surface area (Å²) in [5.41, 5.74) is 0.215. The van der Waals surface area contributed by atoms with E-state index in [9.17, 15) is 9.59 Å². The number of nitrogens with one attached hydrogen (secondary N) is 2. The largest absolute Gasteiger partial charge is 0.354 e. The Morgan fingerprint density at radius 3 is 2.31 bits per heavy atom. The van der Waals surface area contributed by atoms with E-state index in [1.165, 1.54) is 6.07 Å². The highest BCUT2D eigenvalue weighted by Crippen LogP contribution is 2.21. The summed E-state index contributed by atoms with van der Waals surface area (Å²) in [6, 6.07) is 4.00. The van der Waals surface area contributed by atoms with Gasteiger partial charge >= 0.3 is 0 Å². The second-order valence-corrected chi connectivity index (χ2v) is 8.78. The van der Waals surface area contributed by atoms with Gasteiger partial charge in [-0.25, -0.2) is 0 Å². The number of hydrogen-bond acceptors (Lipinski definition) is 3. The van der Waals surface area contributed by atoms with Gasteiger partial charge in [-0.3, -0.25) is 9.59 Å². The first-order valence-electron chi connectivity index (χ1n) is 8.61. The lowest BCUT2D eigenvalue weighted by atomic mass is 9.92. The zero-order valence-electron chi connectivity index (χ0n) is 16.3. The Labute approximate surface area is 166 Å². The van der Waals surface area contributed by atoms with E-state index in [1.807, 2.05) is 27.9 Å². The first-order chi connectivity index (χ1) is 11.9. The Morgan fingerprint density at radius 2 is 1.81 bits per heavy atom. The first kappa shape index (κ1) is 22.7. The summed E-state index contributed by atoms with van der Waals surface area (Å²) in [6.07, 6.45) is 0. The molecule has 2 amide bonds. The lowest BCUT2D eigenvalue weighted by Crippen LogP contribution is -2.52. The maximum atomic E-state index is 12.6. The van der Waals surface area contributed by atoms with E-state index >= 15 is 0 Å². The van der Waals surface area contributed by atoms with Gasteiger partial charge in [0.05, 0.1) is 10.6 Å². The van der Waals surface area contributed by atoms with Crippen molar-refractivity contribution in [2.24, 2.45) is 11.3 Å². The molecule has 1 aromatic rings. The van der Waals surface area contributed by atoms with Crippen LogP contribution in [0.25, 0.3) is 0 Å². The van der Waals surface area contributed by atoms with Crippen LogP contribution >= 0.6 is 23.2 Å². The van der Waals surface area contributed by atoms with Crippen LogP contribution < -0.4 is 10.6 Å². The molecule has 0 saturated carbocycles. The SMILES string of the molecule is CC(C)[C@@H](NC(=O)c1ccc(Cl)cc1Cl)C(=O)NCC(C)(C)CN(C)C. The minimum atomic E-state index is -0.649. The summed E-state index contributed by atoms with van der Waals surface area (Å²) in [5, 5.41) is 6.44. The predicted molar refractivity (Wildman–Crippen MR) is 108 cm³/mol. The van der Waals surface area contributed by atoms with Crippen LogP contribution in [0.1, 0.15) is 38.1 Å². The molecule has 0 aliphatic carbocycles. The zero-order chi connectivity index (χ0) is 20.1. The van der Waals surface area contributed by atoms with E-state index < -0.39 is 11.9 Å². The minimum Gasteiger partial charge on any atom is -0.354 e. The van der Waals surface area contributed by atoms with E-state index in [0.717, 1.165) is 6.54 Å². The van der Waals surface area contributed by atoms with Gasteiger partial charge in [-0.15, -0.1) is 0 Å². The van der Waals surface area contributed by atoms with Crippen LogP contribution in [0.5, 0.6) is 0 Å². The van der Waals surface area contributed by atoms with Gasteiger partial charge < -0.3 is 15.5 Å². The second-order valence-electron chi connectivity index (χ2n) is 7.94. The quantitative estimate of drug-likeness (QED) is 0.700. The molecule has 0 aliphatic rings. The van der Waals surface area contributed by atoms with Crippen LogP contribution in [0.3, 0.4) is 0 Å². The van der Waals surface area contributed by atoms with Gasteiger partial charge in [-0.2, -0.15) is 0 Å². The Morgan fingerprint density at radius 1 is 1.19 bits per heavy atom. The number of carbonyl (C=O) groups is 2. The summed E-state index contributed by atoms with van der Waals surface area (Å²) in [7, 11) is 3.99. The summed E-state index contributed by atoms with van der Waals surface area (Å²) in [5.74, 6) is -0.666. The van der Waals surface area contributed by atoms with E-state index in [2.05, 4.69) is 29.4 Å². The molecule has 0 saturated heterocycles. The van der Waals surface area contributed by atoms with Crippen LogP contribution in [0.4, 0.5) is 0 Å². The Balaban J connectivity index is 2.79. The molecule has 0 bridgehead atoms. The average Bonchev–Trinajstić information content (AvgIpc) is 2.48. The van der Waals surface area contributed by atoms with Crippen LogP contribution in [0, 0.1) is 11.3 Å². The van der Waals surface area contributed by atoms with Gasteiger partial charge in [0.15, 0.2) is 0 Å². The number of carbonyl (C=O) groups excluding carboxylic acids is 2. The average molecular weight is 402 g/mol. The molecule has 0 aromatic heterocycles. The minimum absolute atomic E-state index is 0.0676. The fraction of sp³-hybridized carbons (Fsp3) is 0.579. The van der Waals surface area contributed by atoms with Crippen molar-refractivity contribution in [1.29, 1.82) is 0 Å². The highest BCUT2D eigenvalue weighted by Gasteiger charge is 2.27. The molecular formula is C19H29Cl2N3O2. The molecule has 1 atom stereocenters. The Kier molecular flexibility index (Phi) is 8.38. The van der Waals surface area contributed by atoms with Crippen LogP contribution in [0.15, 0.2) is 18.2 Å². The van der Waals surface area contributed by atoms with Crippen molar-refractivity contribution < 1.29 is 9.59 Å². The van der Waals surface area contributed by atoms with Crippen molar-refractivity contribution >= 4 is 35.0 Å². The number of rotatable bonds is 8. The fourth-order valence-electron chi connectivity index (χ4n) is 2.78. The summed E-state index contributed by atoms with van der Waals surface area (Å²) in [4.78, 5) is 27.2. The molecule has 7 heteroatoms. The second kappa shape index (κ2) is 9.58. The smallest absolute Gasteiger partial charge is 0.253 e. The van der Waals surface area contributed by atoms with Crippen molar-refractivity contribution in [1.82, 2.24) is 15.5 Å². The normalized spacial score (nSPS) is 13.0.